The summed E-state index contributed by atoms with van der Waals surface area (Å²) in [5.74, 6) is -0.315. The number of halogens is 2. The highest BCUT2D eigenvalue weighted by molar-refractivity contribution is 9.10. The quantitative estimate of drug-likeness (QED) is 0.860. The van der Waals surface area contributed by atoms with Crippen LogP contribution in [0.25, 0.3) is 0 Å². The molecule has 2 aromatic heterocycles. The molecule has 0 aliphatic heterocycles. The number of carbonyl (C=O) groups is 1. The zero-order valence-corrected chi connectivity index (χ0v) is 11.8. The number of amides is 1. The van der Waals surface area contributed by atoms with Crippen molar-refractivity contribution in [1.82, 2.24) is 9.97 Å². The van der Waals surface area contributed by atoms with Gasteiger partial charge in [-0.05, 0) is 41.1 Å². The average Bonchev–Trinajstić information content (AvgIpc) is 2.35. The van der Waals surface area contributed by atoms with Crippen LogP contribution in [-0.2, 0) is 0 Å². The van der Waals surface area contributed by atoms with Crippen molar-refractivity contribution in [2.45, 2.75) is 6.92 Å². The molecule has 92 valence electrons. The Labute approximate surface area is 118 Å². The Morgan fingerprint density at radius 3 is 2.94 bits per heavy atom. The second kappa shape index (κ2) is 5.46. The summed E-state index contributed by atoms with van der Waals surface area (Å²) in [6, 6.07) is 5.15. The Hall–Kier alpha value is -1.46. The Morgan fingerprint density at radius 1 is 1.44 bits per heavy atom. The number of aromatic nitrogens is 2. The maximum Gasteiger partial charge on any atom is 0.258 e. The van der Waals surface area contributed by atoms with Crippen molar-refractivity contribution in [3.05, 3.63) is 51.5 Å². The third-order valence-corrected chi connectivity index (χ3v) is 3.04. The van der Waals surface area contributed by atoms with Gasteiger partial charge in [-0.1, -0.05) is 11.6 Å². The third-order valence-electron chi connectivity index (χ3n) is 2.31. The number of rotatable bonds is 2. The van der Waals surface area contributed by atoms with Crippen LogP contribution in [-0.4, -0.2) is 15.9 Å². The molecule has 1 N–H and O–H groups in total. The number of pyridine rings is 2. The van der Waals surface area contributed by atoms with Crippen LogP contribution >= 0.6 is 27.5 Å². The first-order valence-corrected chi connectivity index (χ1v) is 6.29. The number of aryl methyl sites for hydroxylation is 1. The van der Waals surface area contributed by atoms with E-state index in [1.807, 2.05) is 6.92 Å². The van der Waals surface area contributed by atoms with Gasteiger partial charge >= 0.3 is 0 Å². The molecule has 1 amide bonds. The molecule has 0 bridgehead atoms. The van der Waals surface area contributed by atoms with Crippen LogP contribution in [0.5, 0.6) is 0 Å². The van der Waals surface area contributed by atoms with Gasteiger partial charge < -0.3 is 5.32 Å². The molecule has 18 heavy (non-hydrogen) atoms. The van der Waals surface area contributed by atoms with E-state index in [0.717, 1.165) is 5.69 Å². The Bertz CT molecular complexity index is 604. The molecule has 0 unspecified atom stereocenters. The van der Waals surface area contributed by atoms with Crippen molar-refractivity contribution < 1.29 is 4.79 Å². The maximum absolute atomic E-state index is 12.1. The minimum Gasteiger partial charge on any atom is -0.320 e. The van der Waals surface area contributed by atoms with E-state index in [0.29, 0.717) is 15.7 Å². The normalized spacial score (nSPS) is 10.2. The number of hydrogen-bond donors (Lipinski definition) is 1. The van der Waals surface area contributed by atoms with E-state index in [1.54, 1.807) is 24.4 Å². The SMILES string of the molecule is Cc1ncccc1NC(=O)c1cc(Br)cnc1Cl. The van der Waals surface area contributed by atoms with Crippen LogP contribution < -0.4 is 5.32 Å². The van der Waals surface area contributed by atoms with Crippen molar-refractivity contribution in [2.75, 3.05) is 5.32 Å². The Kier molecular flexibility index (Phi) is 3.93. The maximum atomic E-state index is 12.1. The molecule has 0 aliphatic carbocycles. The number of hydrogen-bond acceptors (Lipinski definition) is 3. The molecule has 2 rings (SSSR count). The van der Waals surface area contributed by atoms with E-state index in [1.165, 1.54) is 6.20 Å². The number of carbonyl (C=O) groups excluding carboxylic acids is 1. The topological polar surface area (TPSA) is 54.9 Å². The molecule has 2 heterocycles. The van der Waals surface area contributed by atoms with Crippen molar-refractivity contribution >= 4 is 39.1 Å². The fourth-order valence-corrected chi connectivity index (χ4v) is 1.91. The van der Waals surface area contributed by atoms with Crippen LogP contribution in [0.3, 0.4) is 0 Å². The fourth-order valence-electron chi connectivity index (χ4n) is 1.39. The summed E-state index contributed by atoms with van der Waals surface area (Å²) in [7, 11) is 0. The zero-order valence-electron chi connectivity index (χ0n) is 9.45. The van der Waals surface area contributed by atoms with Gasteiger partial charge in [0.25, 0.3) is 5.91 Å². The van der Waals surface area contributed by atoms with Gasteiger partial charge in [-0.2, -0.15) is 0 Å². The molecule has 2 aromatic rings. The predicted molar refractivity (Wildman–Crippen MR) is 73.9 cm³/mol. The lowest BCUT2D eigenvalue weighted by atomic mass is 10.2. The van der Waals surface area contributed by atoms with Gasteiger partial charge in [0.15, 0.2) is 0 Å². The molecular formula is C12H9BrClN3O. The van der Waals surface area contributed by atoms with Crippen molar-refractivity contribution in [3.63, 3.8) is 0 Å². The van der Waals surface area contributed by atoms with Gasteiger partial charge in [0.2, 0.25) is 0 Å². The number of nitrogens with one attached hydrogen (secondary N) is 1. The minimum absolute atomic E-state index is 0.164. The zero-order chi connectivity index (χ0) is 13.1. The van der Waals surface area contributed by atoms with Crippen molar-refractivity contribution in [2.24, 2.45) is 0 Å². The monoisotopic (exact) mass is 325 g/mol. The summed E-state index contributed by atoms with van der Waals surface area (Å²) in [4.78, 5) is 20.1. The van der Waals surface area contributed by atoms with E-state index < -0.39 is 0 Å². The highest BCUT2D eigenvalue weighted by Crippen LogP contribution is 2.20. The van der Waals surface area contributed by atoms with Crippen LogP contribution in [0.4, 0.5) is 5.69 Å². The Morgan fingerprint density at radius 2 is 2.22 bits per heavy atom. The molecular weight excluding hydrogens is 318 g/mol. The lowest BCUT2D eigenvalue weighted by Crippen LogP contribution is -2.14. The van der Waals surface area contributed by atoms with Crippen LogP contribution in [0.2, 0.25) is 5.15 Å². The smallest absolute Gasteiger partial charge is 0.258 e. The second-order valence-corrected chi connectivity index (χ2v) is 4.86. The van der Waals surface area contributed by atoms with Gasteiger partial charge in [-0.3, -0.25) is 9.78 Å². The van der Waals surface area contributed by atoms with E-state index in [9.17, 15) is 4.79 Å². The molecule has 4 nitrogen and oxygen atoms in total. The van der Waals surface area contributed by atoms with Crippen LogP contribution in [0.15, 0.2) is 35.1 Å². The van der Waals surface area contributed by atoms with Crippen molar-refractivity contribution in [1.29, 1.82) is 0 Å². The van der Waals surface area contributed by atoms with Gasteiger partial charge in [0.1, 0.15) is 5.15 Å². The molecule has 0 fully saturated rings. The minimum atomic E-state index is -0.315. The lowest BCUT2D eigenvalue weighted by Gasteiger charge is -2.08. The number of anilines is 1. The van der Waals surface area contributed by atoms with Gasteiger partial charge in [-0.25, -0.2) is 4.98 Å². The molecule has 0 atom stereocenters. The van der Waals surface area contributed by atoms with Crippen LogP contribution in [0, 0.1) is 6.92 Å². The summed E-state index contributed by atoms with van der Waals surface area (Å²) >= 11 is 9.14. The summed E-state index contributed by atoms with van der Waals surface area (Å²) in [6.45, 7) is 1.82. The van der Waals surface area contributed by atoms with Gasteiger partial charge in [-0.15, -0.1) is 0 Å². The van der Waals surface area contributed by atoms with E-state index >= 15 is 0 Å². The average molecular weight is 327 g/mol. The largest absolute Gasteiger partial charge is 0.320 e. The van der Waals surface area contributed by atoms with E-state index in [4.69, 9.17) is 11.6 Å². The summed E-state index contributed by atoms with van der Waals surface area (Å²) in [6.07, 6.45) is 3.20. The van der Waals surface area contributed by atoms with Crippen LogP contribution in [0.1, 0.15) is 16.1 Å². The molecule has 0 aromatic carbocycles. The lowest BCUT2D eigenvalue weighted by molar-refractivity contribution is 0.102. The van der Waals surface area contributed by atoms with Crippen molar-refractivity contribution in [3.8, 4) is 0 Å². The van der Waals surface area contributed by atoms with Gasteiger partial charge in [0, 0.05) is 16.9 Å². The molecule has 0 spiro atoms. The molecule has 0 radical (unpaired) electrons. The summed E-state index contributed by atoms with van der Waals surface area (Å²) in [5.41, 5.74) is 1.71. The second-order valence-electron chi connectivity index (χ2n) is 3.58. The van der Waals surface area contributed by atoms with Gasteiger partial charge in [0.05, 0.1) is 16.9 Å². The fraction of sp³-hybridized carbons (Fsp3) is 0.0833. The number of nitrogens with zero attached hydrogens (tertiary/aromatic N) is 2. The predicted octanol–water partition coefficient (Wildman–Crippen LogP) is 3.45. The first-order chi connectivity index (χ1) is 8.58. The molecule has 6 heteroatoms. The third kappa shape index (κ3) is 2.86. The highest BCUT2D eigenvalue weighted by atomic mass is 79.9. The first-order valence-electron chi connectivity index (χ1n) is 5.12. The molecule has 0 saturated heterocycles. The first kappa shape index (κ1) is 13.0. The highest BCUT2D eigenvalue weighted by Gasteiger charge is 2.13. The van der Waals surface area contributed by atoms with E-state index in [-0.39, 0.29) is 11.1 Å². The molecule has 0 saturated carbocycles. The Balaban J connectivity index is 2.28. The summed E-state index contributed by atoms with van der Waals surface area (Å²) in [5, 5.41) is 2.91. The molecule has 0 aliphatic rings. The summed E-state index contributed by atoms with van der Waals surface area (Å²) < 4.78 is 0.694. The van der Waals surface area contributed by atoms with E-state index in [2.05, 4.69) is 31.2 Å². The standard InChI is InChI=1S/C12H9BrClN3O/c1-7-10(3-2-4-15-7)17-12(18)9-5-8(13)6-16-11(9)14/h2-6H,1H3,(H,17,18).